The van der Waals surface area contributed by atoms with Crippen molar-refractivity contribution in [1.82, 2.24) is 0 Å². The first-order chi connectivity index (χ1) is 17.1. The zero-order valence-corrected chi connectivity index (χ0v) is 23.9. The highest BCUT2D eigenvalue weighted by atomic mass is 16.7. The Balaban J connectivity index is 5.07. The predicted molar refractivity (Wildman–Crippen MR) is 141 cm³/mol. The van der Waals surface area contributed by atoms with Gasteiger partial charge >= 0.3 is 0 Å². The lowest BCUT2D eigenvalue weighted by Gasteiger charge is -2.24. The maximum Gasteiger partial charge on any atom is 0.162 e. The van der Waals surface area contributed by atoms with Gasteiger partial charge in [0.2, 0.25) is 0 Å². The Labute approximate surface area is 215 Å². The molecule has 0 aliphatic carbocycles. The molecule has 35 heavy (non-hydrogen) atoms. The van der Waals surface area contributed by atoms with Gasteiger partial charge < -0.3 is 33.2 Å². The molecule has 0 saturated carbocycles. The van der Waals surface area contributed by atoms with Crippen molar-refractivity contribution in [1.29, 1.82) is 0 Å². The van der Waals surface area contributed by atoms with Crippen molar-refractivity contribution in [3.8, 4) is 0 Å². The van der Waals surface area contributed by atoms with Crippen LogP contribution in [0.25, 0.3) is 0 Å². The summed E-state index contributed by atoms with van der Waals surface area (Å²) >= 11 is 0. The van der Waals surface area contributed by atoms with Gasteiger partial charge in [0.15, 0.2) is 25.1 Å². The largest absolute Gasteiger partial charge is 0.497 e. The molecule has 0 heterocycles. The Morgan fingerprint density at radius 1 is 0.514 bits per heavy atom. The molecule has 0 aliphatic rings. The van der Waals surface area contributed by atoms with Crippen LogP contribution in [0.5, 0.6) is 0 Å². The third-order valence-electron chi connectivity index (χ3n) is 5.89. The molecule has 7 nitrogen and oxygen atoms in total. The third kappa shape index (κ3) is 14.0. The molecule has 0 amide bonds. The van der Waals surface area contributed by atoms with Crippen molar-refractivity contribution < 1.29 is 33.2 Å². The van der Waals surface area contributed by atoms with Gasteiger partial charge in [-0.05, 0) is 25.7 Å². The van der Waals surface area contributed by atoms with E-state index in [1.54, 1.807) is 28.4 Å². The number of hydrogen-bond donors (Lipinski definition) is 0. The summed E-state index contributed by atoms with van der Waals surface area (Å²) in [6.45, 7) is 8.83. The van der Waals surface area contributed by atoms with E-state index in [1.165, 1.54) is 0 Å². The van der Waals surface area contributed by atoms with Crippen LogP contribution in [0.3, 0.4) is 0 Å². The minimum Gasteiger partial charge on any atom is -0.497 e. The van der Waals surface area contributed by atoms with E-state index in [0.29, 0.717) is 0 Å². The molecule has 0 rings (SSSR count). The summed E-state index contributed by atoms with van der Waals surface area (Å²) in [4.78, 5) is 0. The highest BCUT2D eigenvalue weighted by molar-refractivity contribution is 5.08. The van der Waals surface area contributed by atoms with Gasteiger partial charge in [-0.15, -0.1) is 0 Å². The van der Waals surface area contributed by atoms with Gasteiger partial charge in [0.1, 0.15) is 23.7 Å². The van der Waals surface area contributed by atoms with Gasteiger partial charge in [0, 0.05) is 12.8 Å². The average molecular weight is 503 g/mol. The van der Waals surface area contributed by atoms with E-state index in [1.807, 2.05) is 0 Å². The van der Waals surface area contributed by atoms with Crippen LogP contribution >= 0.6 is 0 Å². The number of ether oxygens (including phenoxy) is 7. The fourth-order valence-corrected chi connectivity index (χ4v) is 3.97. The van der Waals surface area contributed by atoms with Crippen molar-refractivity contribution in [2.24, 2.45) is 0 Å². The van der Waals surface area contributed by atoms with Crippen LogP contribution in [0.4, 0.5) is 0 Å². The molecule has 0 aromatic rings. The smallest absolute Gasteiger partial charge is 0.162 e. The average Bonchev–Trinajstić information content (AvgIpc) is 2.87. The molecular formula is C28H54O7. The van der Waals surface area contributed by atoms with E-state index in [4.69, 9.17) is 33.2 Å². The molecule has 0 saturated heterocycles. The van der Waals surface area contributed by atoms with Crippen molar-refractivity contribution in [2.75, 3.05) is 42.0 Å². The van der Waals surface area contributed by atoms with Crippen LogP contribution in [0, 0.1) is 0 Å². The van der Waals surface area contributed by atoms with Crippen LogP contribution in [-0.2, 0) is 33.2 Å². The second kappa shape index (κ2) is 23.0. The van der Waals surface area contributed by atoms with E-state index in [2.05, 4.69) is 27.7 Å². The molecule has 0 aromatic heterocycles. The second-order valence-electron chi connectivity index (χ2n) is 8.63. The Bertz CT molecular complexity index is 512. The first-order valence-electron chi connectivity index (χ1n) is 13.5. The number of methoxy groups -OCH3 is 4. The summed E-state index contributed by atoms with van der Waals surface area (Å²) < 4.78 is 40.5. The monoisotopic (exact) mass is 502 g/mol. The Hall–Kier alpha value is -1.44. The molecule has 0 aromatic carbocycles. The van der Waals surface area contributed by atoms with Gasteiger partial charge in [0.05, 0.1) is 28.4 Å². The number of unbranched alkanes of at least 4 members (excludes halogenated alkanes) is 4. The molecule has 0 fully saturated rings. The Morgan fingerprint density at radius 2 is 0.914 bits per heavy atom. The lowest BCUT2D eigenvalue weighted by Crippen LogP contribution is -2.24. The second-order valence-corrected chi connectivity index (χ2v) is 8.63. The molecule has 2 atom stereocenters. The van der Waals surface area contributed by atoms with Crippen molar-refractivity contribution in [3.63, 3.8) is 0 Å². The lowest BCUT2D eigenvalue weighted by molar-refractivity contribution is -0.165. The SMILES string of the molecule is CCCCCC(OC)=C(OC)C(CCC)OCOCOC(CCC)C(OC)=C(CCCCC)OC. The molecular weight excluding hydrogens is 448 g/mol. The molecule has 0 N–H and O–H groups in total. The van der Waals surface area contributed by atoms with Gasteiger partial charge in [-0.3, -0.25) is 0 Å². The van der Waals surface area contributed by atoms with Crippen LogP contribution in [0.1, 0.15) is 105 Å². The van der Waals surface area contributed by atoms with Crippen molar-refractivity contribution in [2.45, 2.75) is 117 Å². The quantitative estimate of drug-likeness (QED) is 0.0771. The molecule has 208 valence electrons. The molecule has 0 radical (unpaired) electrons. The maximum atomic E-state index is 6.05. The fourth-order valence-electron chi connectivity index (χ4n) is 3.97. The molecule has 7 heteroatoms. The minimum absolute atomic E-state index is 0.0992. The Morgan fingerprint density at radius 3 is 1.20 bits per heavy atom. The highest BCUT2D eigenvalue weighted by Crippen LogP contribution is 2.24. The molecule has 2 unspecified atom stereocenters. The Kier molecular flexibility index (Phi) is 22.0. The van der Waals surface area contributed by atoms with Crippen LogP contribution < -0.4 is 0 Å². The van der Waals surface area contributed by atoms with Crippen molar-refractivity contribution >= 4 is 0 Å². The lowest BCUT2D eigenvalue weighted by atomic mass is 10.1. The van der Waals surface area contributed by atoms with Gasteiger partial charge in [0.25, 0.3) is 0 Å². The van der Waals surface area contributed by atoms with Gasteiger partial charge in [-0.1, -0.05) is 66.2 Å². The van der Waals surface area contributed by atoms with E-state index < -0.39 is 0 Å². The summed E-state index contributed by atoms with van der Waals surface area (Å²) in [5.74, 6) is 3.20. The van der Waals surface area contributed by atoms with Crippen LogP contribution in [-0.4, -0.2) is 54.2 Å². The fraction of sp³-hybridized carbons (Fsp3) is 0.857. The first kappa shape index (κ1) is 33.6. The standard InChI is InChI=1S/C28H54O7/c1-9-13-15-19-23(29-5)27(31-7)25(17-11-3)34-21-33-22-35-26(18-12-4)28(32-8)24(30-6)20-16-14-10-2/h25-26H,9-22H2,1-8H3. The summed E-state index contributed by atoms with van der Waals surface area (Å²) in [6, 6.07) is 0. The molecule has 0 spiro atoms. The van der Waals surface area contributed by atoms with E-state index >= 15 is 0 Å². The van der Waals surface area contributed by atoms with Crippen molar-refractivity contribution in [3.05, 3.63) is 23.0 Å². The van der Waals surface area contributed by atoms with Crippen LogP contribution in [0.2, 0.25) is 0 Å². The zero-order valence-electron chi connectivity index (χ0n) is 23.9. The highest BCUT2D eigenvalue weighted by Gasteiger charge is 2.22. The summed E-state index contributed by atoms with van der Waals surface area (Å²) in [5, 5.41) is 0. The normalized spacial score (nSPS) is 14.6. The van der Waals surface area contributed by atoms with E-state index in [0.717, 1.165) is 100 Å². The zero-order chi connectivity index (χ0) is 26.3. The van der Waals surface area contributed by atoms with E-state index in [-0.39, 0.29) is 25.8 Å². The number of allylic oxidation sites excluding steroid dienone is 2. The summed E-state index contributed by atoms with van der Waals surface area (Å²) in [5.41, 5.74) is 0. The summed E-state index contributed by atoms with van der Waals surface area (Å²) in [7, 11) is 6.73. The minimum atomic E-state index is -0.221. The topological polar surface area (TPSA) is 64.6 Å². The molecule has 0 aliphatic heterocycles. The summed E-state index contributed by atoms with van der Waals surface area (Å²) in [6.07, 6.45) is 11.5. The predicted octanol–water partition coefficient (Wildman–Crippen LogP) is 7.46. The van der Waals surface area contributed by atoms with Gasteiger partial charge in [-0.2, -0.15) is 0 Å². The van der Waals surface area contributed by atoms with E-state index in [9.17, 15) is 0 Å². The van der Waals surface area contributed by atoms with Gasteiger partial charge in [-0.25, -0.2) is 0 Å². The maximum absolute atomic E-state index is 6.05. The number of rotatable bonds is 24. The number of hydrogen-bond acceptors (Lipinski definition) is 7. The first-order valence-corrected chi connectivity index (χ1v) is 13.5. The third-order valence-corrected chi connectivity index (χ3v) is 5.89. The van der Waals surface area contributed by atoms with Crippen LogP contribution in [0.15, 0.2) is 23.0 Å². The molecule has 0 bridgehead atoms.